The summed E-state index contributed by atoms with van der Waals surface area (Å²) in [6, 6.07) is 0. The molecule has 0 aromatic carbocycles. The number of phosphoric acid groups is 3. The van der Waals surface area contributed by atoms with Gasteiger partial charge in [-0.2, -0.15) is 64.9 Å². The van der Waals surface area contributed by atoms with Crippen molar-refractivity contribution in [3.63, 3.8) is 0 Å². The molecule has 0 aromatic heterocycles. The second-order valence-electron chi connectivity index (χ2n) is 14.5. The summed E-state index contributed by atoms with van der Waals surface area (Å²) in [6.45, 7) is 25.1. The van der Waals surface area contributed by atoms with Gasteiger partial charge in [0.2, 0.25) is 0 Å². The number of rotatable bonds is 7. The van der Waals surface area contributed by atoms with Crippen LogP contribution in [0.3, 0.4) is 0 Å². The maximum absolute atomic E-state index is 10.2. The summed E-state index contributed by atoms with van der Waals surface area (Å²) in [5.74, 6) is 19.9. The van der Waals surface area contributed by atoms with Crippen molar-refractivity contribution in [1.29, 1.82) is 0 Å². The Balaban J connectivity index is -0.0000000147. The predicted molar refractivity (Wildman–Crippen MR) is 419 cm³/mol. The van der Waals surface area contributed by atoms with Crippen LogP contribution in [0.25, 0.3) is 0 Å². The monoisotopic (exact) mass is 2480 g/mol. The van der Waals surface area contributed by atoms with E-state index in [2.05, 4.69) is 102 Å². The van der Waals surface area contributed by atoms with Gasteiger partial charge in [0.1, 0.15) is 11.9 Å². The zero-order valence-corrected chi connectivity index (χ0v) is 133. The molecular formula is C44H132Cl2K7N12Na7O50P6S5. The number of halogens is 2. The van der Waals surface area contributed by atoms with E-state index in [9.17, 15) is 72.7 Å². The van der Waals surface area contributed by atoms with Crippen molar-refractivity contribution >= 4 is 162 Å². The number of nitrogens with two attached hydrogens (primary N) is 6. The molecule has 0 fully saturated rings. The molecule has 0 saturated carbocycles. The Morgan fingerprint density at radius 3 is 0.541 bits per heavy atom. The third kappa shape index (κ3) is 2140. The fraction of sp³-hybridized carbons (Fsp3) is 0.795. The molecule has 23 N–H and O–H groups in total. The minimum atomic E-state index is -4.65. The first-order chi connectivity index (χ1) is 51.6. The van der Waals surface area contributed by atoms with Gasteiger partial charge in [0.25, 0.3) is 36.3 Å². The van der Waals surface area contributed by atoms with E-state index < -0.39 is 121 Å². The zero-order chi connectivity index (χ0) is 106. The zero-order valence-electron chi connectivity index (χ0n) is 86.6. The largest absolute Gasteiger partial charge is 1.00 e. The second kappa shape index (κ2) is 233. The van der Waals surface area contributed by atoms with Crippen LogP contribution >= 0.6 is 69.6 Å². The van der Waals surface area contributed by atoms with Crippen LogP contribution in [0.2, 0.25) is 0 Å². The summed E-state index contributed by atoms with van der Waals surface area (Å²) in [6.07, 6.45) is 5.26. The Morgan fingerprint density at radius 1 is 0.466 bits per heavy atom. The summed E-state index contributed by atoms with van der Waals surface area (Å²) in [5.41, 5.74) is 6.75. The molecule has 62 nitrogen and oxygen atoms in total. The summed E-state index contributed by atoms with van der Waals surface area (Å²) in [7, 11) is -22.3. The van der Waals surface area contributed by atoms with Crippen LogP contribution in [0.5, 0.6) is 0 Å². The Hall–Kier alpha value is 15.1. The minimum Gasteiger partial charge on any atom is -0.857 e. The first kappa shape index (κ1) is 296. The van der Waals surface area contributed by atoms with E-state index in [1.54, 1.807) is 28.2 Å². The number of nitrogens with zero attached hydrogens (tertiary/aromatic N) is 3. The van der Waals surface area contributed by atoms with Crippen molar-refractivity contribution in [3.8, 4) is 0 Å². The van der Waals surface area contributed by atoms with Gasteiger partial charge in [0, 0.05) is 108 Å². The number of hydrazine groups is 2. The van der Waals surface area contributed by atoms with E-state index in [1.807, 2.05) is 67.6 Å². The standard InChI is InChI=1S/C4H9NO2.C3H9NO3S.C3H9N.C2H5NO2.3C2H4O2.2C2H2O.3C2H6.CH4ClN.CH3Cl.CH6N2.CH5NO3S.CH5N.3CH5O4P.3CH5O3P.3CH4O3S.2CH3O.7K.H4N2.H3N.7Na/c1-4(6)7-5(2)3;1-4(2)7-8(3,5)6;1-4(2)3;1-2(4)5-3;3*1-2(3)4;2*1-2-3;3*1-2;1-3-2;1-2;1-3-2;1-6(3,4)5-2;1-2;3*1-5-6(2,3)4;6*1-5(2,3)4;2*1-2;;;;;;;;1-2;;;;;;;;/h1-3H3;1-3H3;1-3H3;3H2,1H3;3*1H3,(H,3,4);2*1H2;3*1-2H3;3H,1H3;1H3;3H,2H2,1H3;2H2,1H3;2H2,1H3;3*1H3,(H2,2,3,4);3*1H3,(H2,2,3,4);3*1H3,(H,2,3,4);2*1H3;;;;;;;;1-2H2;1H3;;;;;;;/q;;;;;;;;;;;;;;;;;;;;;;;;;;2*-1;7*+1;;;7*+1/p-12. The van der Waals surface area contributed by atoms with Gasteiger partial charge in [-0.3, -0.25) is 51.0 Å². The fourth-order valence-corrected chi connectivity index (χ4v) is 1.07. The Bertz CT molecular complexity index is 2750. The van der Waals surface area contributed by atoms with Gasteiger partial charge in [-0.15, -0.1) is 16.7 Å². The van der Waals surface area contributed by atoms with E-state index >= 15 is 0 Å². The Labute approximate surface area is 1250 Å². The van der Waals surface area contributed by atoms with Gasteiger partial charge in [-0.1, -0.05) is 56.7 Å². The SMILES string of the molecule is C=C=O.C=C=O.CC.CC.CC.CC(=O)O.CC(=O)ON.CC(=O)ON(C)C.CC(=O)[O-].CC(=O)[O-].CCl.CN.CN(C)C.CN(C)OS(C)(=O)=O.CNCl.CNN.COP(=O)(O)O.COP(=O)([O-])[O-].COP(=O)([O-])[O-].CP(=O)(O)O.CP(=O)([O-])[O-].CP(=O)([O-])[O-].CS(=O)(=O)O.CS(=O)(=O)ON.CS(=O)(=O)[O-].CS(=O)(=O)[O-].C[O-].C[O-].N.NN.[K+].[K+].[K+].[K+].[K+].[K+].[K+].[Na+].[Na+].[Na+].[Na+].[Na+].[Na+].[Na+]. The van der Waals surface area contributed by atoms with Crippen molar-refractivity contribution in [2.45, 2.75) is 76.2 Å². The second-order valence-corrected chi connectivity index (χ2v) is 30.9. The number of carbonyl (C=O) groups excluding carboxylic acids is 6. The van der Waals surface area contributed by atoms with Crippen LogP contribution in [0.4, 0.5) is 0 Å². The van der Waals surface area contributed by atoms with Crippen molar-refractivity contribution in [2.24, 2.45) is 35.1 Å². The summed E-state index contributed by atoms with van der Waals surface area (Å²) in [5, 5.41) is 44.2. The smallest absolute Gasteiger partial charge is 0.857 e. The van der Waals surface area contributed by atoms with Gasteiger partial charge in [-0.05, 0) is 94.4 Å². The number of phosphoric ester groups is 3. The molecule has 0 heterocycles. The van der Waals surface area contributed by atoms with Crippen LogP contribution in [0.15, 0.2) is 13.2 Å². The Kier molecular flexibility index (Phi) is 518. The molecule has 0 aromatic rings. The molecule has 0 aliphatic rings. The quantitative estimate of drug-likeness (QED) is 0.0164. The molecule has 89 heteroatoms. The molecule has 0 amide bonds. The number of carboxylic acids is 3. The third-order valence-corrected chi connectivity index (χ3v) is 3.91. The van der Waals surface area contributed by atoms with E-state index in [4.69, 9.17) is 140 Å². The predicted octanol–water partition coefficient (Wildman–Crippen LogP) is -55.2. The molecule has 0 atom stereocenters. The van der Waals surface area contributed by atoms with Crippen LogP contribution in [0.1, 0.15) is 76.2 Å². The number of carboxylic acid groups (broad SMARTS) is 3. The number of hydrogen-bond acceptors (Lipinski definition) is 56. The molecule has 0 aliphatic heterocycles. The Morgan fingerprint density at radius 2 is 0.541 bits per heavy atom. The van der Waals surface area contributed by atoms with Gasteiger partial charge in [0.15, 0.2) is 0 Å². The number of nitrogens with one attached hydrogen (secondary N) is 2. The molecule has 756 valence electrons. The normalized spacial score (nSPS) is 7.84. The van der Waals surface area contributed by atoms with Crippen LogP contribution in [0, 0.1) is 0 Å². The fourth-order valence-electron chi connectivity index (χ4n) is 0.528. The minimum absolute atomic E-state index is 0. The molecular weight excluding hydrogens is 2350 g/mol. The average Bonchev–Trinajstić information content (AvgIpc) is 0.973. The van der Waals surface area contributed by atoms with E-state index in [0.29, 0.717) is 32.1 Å². The molecule has 0 aliphatic carbocycles. The molecule has 0 bridgehead atoms. The number of hydroxylamine groups is 4. The first-order valence-corrected chi connectivity index (χ1v) is 48.0. The topological polar surface area (TPSA) is 1130 Å². The van der Waals surface area contributed by atoms with Crippen molar-refractivity contribution < 1.29 is 799 Å². The van der Waals surface area contributed by atoms with Crippen LogP contribution in [-0.4, -0.2) is 301 Å². The number of carbonyl (C=O) groups is 5. The van der Waals surface area contributed by atoms with Gasteiger partial charge >= 0.3 is 594 Å². The van der Waals surface area contributed by atoms with Crippen molar-refractivity contribution in [2.75, 3.05) is 164 Å². The number of alkyl halides is 1. The summed E-state index contributed by atoms with van der Waals surface area (Å²) in [4.78, 5) is 180. The third-order valence-electron chi connectivity index (χ3n) is 1.62. The molecule has 0 radical (unpaired) electrons. The van der Waals surface area contributed by atoms with Gasteiger partial charge in [-0.25, -0.2) is 35.8 Å². The van der Waals surface area contributed by atoms with E-state index in [1.165, 1.54) is 58.3 Å². The van der Waals surface area contributed by atoms with Crippen LogP contribution < -0.4 is 678 Å². The van der Waals surface area contributed by atoms with E-state index in [-0.39, 0.29) is 579 Å². The maximum Gasteiger partial charge on any atom is 1.00 e. The maximum atomic E-state index is 10.2. The van der Waals surface area contributed by atoms with Gasteiger partial charge < -0.3 is 157 Å². The average molecular weight is 2480 g/mol. The number of aliphatic carboxylic acids is 3. The molecule has 0 rings (SSSR count). The molecule has 0 spiro atoms. The van der Waals surface area contributed by atoms with Crippen molar-refractivity contribution in [3.05, 3.63) is 13.2 Å². The molecule has 0 saturated heterocycles. The molecule has 133 heavy (non-hydrogen) atoms. The molecule has 0 unspecified atom stereocenters. The summed E-state index contributed by atoms with van der Waals surface area (Å²) >= 11 is 9.39. The van der Waals surface area contributed by atoms with Gasteiger partial charge in [0.05, 0.1) is 54.6 Å². The van der Waals surface area contributed by atoms with E-state index in [0.717, 1.165) is 80.6 Å². The summed E-state index contributed by atoms with van der Waals surface area (Å²) < 4.78 is 194. The first-order valence-electron chi connectivity index (χ1n) is 27.3. The van der Waals surface area contributed by atoms with Crippen molar-refractivity contribution in [1.82, 2.24) is 31.4 Å². The number of hydrogen-bond donors (Lipinski definition) is 15. The van der Waals surface area contributed by atoms with Crippen LogP contribution in [-0.2, 0) is 143 Å².